The molecule has 0 amide bonds. The van der Waals surface area contributed by atoms with Crippen molar-refractivity contribution in [3.8, 4) is 0 Å². The van der Waals surface area contributed by atoms with E-state index in [-0.39, 0.29) is 0 Å². The van der Waals surface area contributed by atoms with Crippen LogP contribution in [0.15, 0.2) is 0 Å². The summed E-state index contributed by atoms with van der Waals surface area (Å²) < 4.78 is 0. The molecular weight excluding hydrogens is 175 g/mol. The third-order valence-electron chi connectivity index (χ3n) is 0. The summed E-state index contributed by atoms with van der Waals surface area (Å²) in [5.74, 6) is 0. The average molecular weight is 175 g/mol. The zero-order valence-electron chi connectivity index (χ0n) is 1.55. The van der Waals surface area contributed by atoms with Crippen molar-refractivity contribution in [2.45, 2.75) is 0 Å². The Balaban J connectivity index is 0. The Bertz CT molecular complexity index is 8.00. The van der Waals surface area contributed by atoms with Gasteiger partial charge in [-0.3, -0.25) is 0 Å². The Kier molecular flexibility index (Phi) is 56.3. The summed E-state index contributed by atoms with van der Waals surface area (Å²) in [5.41, 5.74) is 0. The van der Waals surface area contributed by atoms with Gasteiger partial charge in [0.25, 0.3) is 0 Å². The fraction of sp³-hybridized carbons (Fsp3) is 0. The fourth-order valence-electron chi connectivity index (χ4n) is 0. The van der Waals surface area contributed by atoms with Gasteiger partial charge in [-0.1, -0.05) is 0 Å². The predicted octanol–water partition coefficient (Wildman–Crippen LogP) is 1.29. The first-order valence-electron chi connectivity index (χ1n) is 0.299. The molecule has 0 aliphatic carbocycles. The van der Waals surface area contributed by atoms with Gasteiger partial charge in [-0.2, -0.15) is 0 Å². The molecule has 27 valence electrons. The summed E-state index contributed by atoms with van der Waals surface area (Å²) in [7, 11) is 7.73. The standard InChI is InChI=1S/Fe.Mn.2S. The second kappa shape index (κ2) is 24.8. The molecule has 0 saturated carbocycles. The van der Waals surface area contributed by atoms with E-state index < -0.39 is 0 Å². The van der Waals surface area contributed by atoms with Gasteiger partial charge in [-0.15, -0.1) is 0 Å². The molecule has 0 unspecified atom stereocenters. The van der Waals surface area contributed by atoms with Gasteiger partial charge in [0.15, 0.2) is 0 Å². The van der Waals surface area contributed by atoms with Crippen LogP contribution in [0.3, 0.4) is 0 Å². The van der Waals surface area contributed by atoms with Crippen LogP contribution in [0.4, 0.5) is 0 Å². The molecule has 4 heteroatoms. The third kappa shape index (κ3) is 9.77. The predicted molar refractivity (Wildman–Crippen MR) is 15.2 cm³/mol. The summed E-state index contributed by atoms with van der Waals surface area (Å²) in [5, 5.41) is 0. The topological polar surface area (TPSA) is 0 Å². The van der Waals surface area contributed by atoms with Crippen molar-refractivity contribution in [2.75, 3.05) is 0 Å². The minimum atomic E-state index is 2.52. The molecule has 0 radical (unpaired) electrons. The van der Waals surface area contributed by atoms with E-state index in [0.717, 1.165) is 0 Å². The molecule has 0 spiro atoms. The molecule has 4 heavy (non-hydrogen) atoms. The Hall–Kier alpha value is 1.48. The summed E-state index contributed by atoms with van der Waals surface area (Å²) in [4.78, 5) is 0. The van der Waals surface area contributed by atoms with E-state index >= 15 is 0 Å². The van der Waals surface area contributed by atoms with Crippen LogP contribution in [0.5, 0.6) is 0 Å². The number of hydrogen-bond donors (Lipinski definition) is 0. The van der Waals surface area contributed by atoms with Crippen LogP contribution in [0, 0.1) is 0 Å². The molecule has 0 rings (SSSR count). The second-order valence-electron chi connectivity index (χ2n) is 0. The quantitative estimate of drug-likeness (QED) is 0.508. The van der Waals surface area contributed by atoms with E-state index in [1.807, 2.05) is 0 Å². The van der Waals surface area contributed by atoms with Crippen LogP contribution in [0.1, 0.15) is 0 Å². The van der Waals surface area contributed by atoms with Gasteiger partial charge in [0.05, 0.1) is 0 Å². The Labute approximate surface area is 49.7 Å². The molecule has 0 atom stereocenters. The molecule has 0 aromatic carbocycles. The molecule has 0 nitrogen and oxygen atoms in total. The van der Waals surface area contributed by atoms with Gasteiger partial charge in [0, 0.05) is 0 Å². The first-order chi connectivity index (χ1) is 2.00. The van der Waals surface area contributed by atoms with Crippen molar-refractivity contribution in [2.24, 2.45) is 0 Å². The molecule has 0 aliphatic rings. The van der Waals surface area contributed by atoms with Crippen LogP contribution in [-0.2, 0) is 28.8 Å². The molecule has 0 fully saturated rings. The Morgan fingerprint density at radius 2 is 1.25 bits per heavy atom. The third-order valence-corrected chi connectivity index (χ3v) is 0. The van der Waals surface area contributed by atoms with Crippen molar-refractivity contribution in [3.63, 3.8) is 0 Å². The normalized spacial score (nSPS) is 2.25. The van der Waals surface area contributed by atoms with Crippen molar-refractivity contribution < 1.29 is 28.8 Å². The van der Waals surface area contributed by atoms with Gasteiger partial charge in [-0.05, 0) is 0 Å². The van der Waals surface area contributed by atoms with Gasteiger partial charge < -0.3 is 0 Å². The van der Waals surface area contributed by atoms with Crippen LogP contribution >= 0.6 is 21.1 Å². The number of rotatable bonds is 0. The van der Waals surface area contributed by atoms with Gasteiger partial charge >= 0.3 is 49.9 Å². The maximum absolute atomic E-state index is 3.90. The monoisotopic (exact) mass is 175 g/mol. The van der Waals surface area contributed by atoms with Gasteiger partial charge in [0.2, 0.25) is 0 Å². The van der Waals surface area contributed by atoms with Crippen LogP contribution < -0.4 is 0 Å². The average Bonchev–Trinajstić information content (AvgIpc) is 1.50. The molecule has 0 N–H and O–H groups in total. The van der Waals surface area contributed by atoms with E-state index in [4.69, 9.17) is 0 Å². The van der Waals surface area contributed by atoms with Gasteiger partial charge in [-0.25, -0.2) is 0 Å². The SMILES string of the molecule is [S]=[Fe].[S]=[Mn]. The molecule has 0 saturated heterocycles. The Morgan fingerprint density at radius 3 is 1.25 bits per heavy atom. The van der Waals surface area contributed by atoms with Crippen molar-refractivity contribution in [1.29, 1.82) is 0 Å². The van der Waals surface area contributed by atoms with E-state index in [2.05, 4.69) is 49.9 Å². The maximum atomic E-state index is 3.90. The molecular formula is FeMnS2. The first kappa shape index (κ1) is 9.08. The molecule has 0 heterocycles. The van der Waals surface area contributed by atoms with Crippen LogP contribution in [-0.4, -0.2) is 0 Å². The molecule has 0 bridgehead atoms. The summed E-state index contributed by atoms with van der Waals surface area (Å²) in [6.45, 7) is 0. The zero-order chi connectivity index (χ0) is 4.00. The van der Waals surface area contributed by atoms with Crippen molar-refractivity contribution in [3.05, 3.63) is 0 Å². The van der Waals surface area contributed by atoms with E-state index in [0.29, 0.717) is 0 Å². The number of hydrogen-bond acceptors (Lipinski definition) is 2. The minimum absolute atomic E-state index is 2.52. The van der Waals surface area contributed by atoms with E-state index in [9.17, 15) is 0 Å². The van der Waals surface area contributed by atoms with Crippen molar-refractivity contribution >= 4 is 21.1 Å². The fourth-order valence-corrected chi connectivity index (χ4v) is 0. The van der Waals surface area contributed by atoms with E-state index in [1.165, 1.54) is 0 Å². The molecule has 0 aliphatic heterocycles. The zero-order valence-corrected chi connectivity index (χ0v) is 5.47. The van der Waals surface area contributed by atoms with Crippen LogP contribution in [0.2, 0.25) is 0 Å². The summed E-state index contributed by atoms with van der Waals surface area (Å²) in [6.07, 6.45) is 0. The van der Waals surface area contributed by atoms with Crippen LogP contribution in [0.25, 0.3) is 0 Å². The molecule has 0 aromatic rings. The van der Waals surface area contributed by atoms with E-state index in [1.54, 1.807) is 0 Å². The molecule has 0 aromatic heterocycles. The Morgan fingerprint density at radius 1 is 1.25 bits per heavy atom. The second-order valence-corrected chi connectivity index (χ2v) is 0. The first-order valence-corrected chi connectivity index (χ1v) is 3.69. The summed E-state index contributed by atoms with van der Waals surface area (Å²) in [6, 6.07) is 0. The van der Waals surface area contributed by atoms with Crippen molar-refractivity contribution in [1.82, 2.24) is 0 Å². The summed E-state index contributed by atoms with van der Waals surface area (Å²) >= 11 is 5.35. The van der Waals surface area contributed by atoms with Gasteiger partial charge in [0.1, 0.15) is 0 Å².